The van der Waals surface area contributed by atoms with Crippen LogP contribution in [0.5, 0.6) is 0 Å². The first-order valence-corrected chi connectivity index (χ1v) is 14.4. The second-order valence-electron chi connectivity index (χ2n) is 11.6. The second-order valence-corrected chi connectivity index (χ2v) is 11.6. The van der Waals surface area contributed by atoms with Crippen LogP contribution in [0.4, 0.5) is 4.79 Å². The third-order valence-corrected chi connectivity index (χ3v) is 9.47. The number of ether oxygens (including phenoxy) is 1. The Morgan fingerprint density at radius 1 is 1.06 bits per heavy atom. The van der Waals surface area contributed by atoms with Gasteiger partial charge in [-0.25, -0.2) is 4.79 Å². The summed E-state index contributed by atoms with van der Waals surface area (Å²) in [5.41, 5.74) is 5.02. The highest BCUT2D eigenvalue weighted by molar-refractivity contribution is 5.72. The molecule has 0 aromatic carbocycles. The van der Waals surface area contributed by atoms with Crippen molar-refractivity contribution in [2.24, 2.45) is 29.4 Å². The fraction of sp³-hybridized carbons (Fsp3) is 0.964. The summed E-state index contributed by atoms with van der Waals surface area (Å²) in [4.78, 5) is 13.9. The molecule has 1 aliphatic heterocycles. The van der Waals surface area contributed by atoms with Crippen molar-refractivity contribution in [3.05, 3.63) is 0 Å². The molecular formula is C28H53N3O3. The molecular weight excluding hydrogens is 426 g/mol. The molecule has 0 aromatic rings. The molecule has 34 heavy (non-hydrogen) atoms. The monoisotopic (exact) mass is 479 g/mol. The first-order valence-electron chi connectivity index (χ1n) is 14.4. The number of nitrogens with two attached hydrogens (primary N) is 1. The highest BCUT2D eigenvalue weighted by Crippen LogP contribution is 2.45. The zero-order chi connectivity index (χ0) is 24.4. The number of nitrogens with zero attached hydrogens (tertiary/aromatic N) is 1. The van der Waals surface area contributed by atoms with E-state index in [0.29, 0.717) is 17.8 Å². The van der Waals surface area contributed by atoms with Gasteiger partial charge in [-0.05, 0) is 82.1 Å². The van der Waals surface area contributed by atoms with Crippen molar-refractivity contribution < 1.29 is 14.6 Å². The number of primary amides is 1. The number of carbonyl (C=O) groups is 1. The van der Waals surface area contributed by atoms with Crippen LogP contribution in [-0.4, -0.2) is 61.5 Å². The van der Waals surface area contributed by atoms with Gasteiger partial charge in [0.25, 0.3) is 0 Å². The largest absolute Gasteiger partial charge is 0.388 e. The van der Waals surface area contributed by atoms with Crippen LogP contribution in [0.1, 0.15) is 103 Å². The van der Waals surface area contributed by atoms with Crippen LogP contribution in [0.2, 0.25) is 0 Å². The number of hydrogen-bond acceptors (Lipinski definition) is 4. The third-order valence-electron chi connectivity index (χ3n) is 9.47. The van der Waals surface area contributed by atoms with Gasteiger partial charge in [-0.3, -0.25) is 0 Å². The molecule has 1 heterocycles. The number of methoxy groups -OCH3 is 1. The Bertz CT molecular complexity index is 591. The van der Waals surface area contributed by atoms with E-state index in [1.807, 2.05) is 4.90 Å². The second kappa shape index (κ2) is 14.0. The van der Waals surface area contributed by atoms with Crippen molar-refractivity contribution in [3.8, 4) is 0 Å². The van der Waals surface area contributed by atoms with Gasteiger partial charge < -0.3 is 25.8 Å². The summed E-state index contributed by atoms with van der Waals surface area (Å²) in [5.74, 6) is 1.85. The number of aliphatic hydroxyl groups is 1. The van der Waals surface area contributed by atoms with Crippen molar-refractivity contribution >= 4 is 6.03 Å². The first-order chi connectivity index (χ1) is 16.5. The van der Waals surface area contributed by atoms with Gasteiger partial charge in [-0.2, -0.15) is 0 Å². The van der Waals surface area contributed by atoms with Gasteiger partial charge in [0.1, 0.15) is 0 Å². The standard InChI is InChI=1S/C28H53N3O3/c1-30-26(28(33,17-9-10-19-34-2)24-15-7-4-8-16-24)25(20-22-12-5-3-6-13-22)23-14-11-18-31(21-23)27(29)32/h22-26,30,33H,3-21H2,1-2H3,(H2,29,32)/t23-,25?,26-,28-/m0/s1. The van der Waals surface area contributed by atoms with E-state index in [-0.39, 0.29) is 12.1 Å². The van der Waals surface area contributed by atoms with Crippen molar-refractivity contribution in [2.75, 3.05) is 33.9 Å². The molecule has 3 aliphatic rings. The van der Waals surface area contributed by atoms with Crippen LogP contribution in [-0.2, 0) is 4.74 Å². The van der Waals surface area contributed by atoms with Gasteiger partial charge in [0.05, 0.1) is 5.60 Å². The van der Waals surface area contributed by atoms with Crippen molar-refractivity contribution in [3.63, 3.8) is 0 Å². The number of amides is 2. The number of likely N-dealkylation sites (N-methyl/N-ethyl adjacent to an activating group) is 1. The normalized spacial score (nSPS) is 26.7. The number of likely N-dealkylation sites (tertiary alicyclic amines) is 1. The Kier molecular flexibility index (Phi) is 11.4. The van der Waals surface area contributed by atoms with Crippen LogP contribution in [0.3, 0.4) is 0 Å². The minimum atomic E-state index is -0.711. The number of rotatable bonds is 12. The number of unbranched alkanes of at least 4 members (excludes halogenated alkanes) is 1. The predicted octanol–water partition coefficient (Wildman–Crippen LogP) is 5.08. The molecule has 2 amide bonds. The molecule has 2 saturated carbocycles. The Morgan fingerprint density at radius 3 is 2.35 bits per heavy atom. The molecule has 1 unspecified atom stereocenters. The number of carbonyl (C=O) groups excluding carboxylic acids is 1. The Hall–Kier alpha value is -0.850. The third kappa shape index (κ3) is 7.33. The van der Waals surface area contributed by atoms with Gasteiger partial charge in [0.15, 0.2) is 0 Å². The predicted molar refractivity (Wildman–Crippen MR) is 139 cm³/mol. The van der Waals surface area contributed by atoms with E-state index < -0.39 is 5.60 Å². The molecule has 0 bridgehead atoms. The summed E-state index contributed by atoms with van der Waals surface area (Å²) < 4.78 is 5.32. The molecule has 0 aromatic heterocycles. The maximum atomic E-state index is 12.6. The summed E-state index contributed by atoms with van der Waals surface area (Å²) >= 11 is 0. The number of hydrogen-bond donors (Lipinski definition) is 3. The zero-order valence-electron chi connectivity index (χ0n) is 22.1. The molecule has 6 nitrogen and oxygen atoms in total. The minimum absolute atomic E-state index is 0.0536. The summed E-state index contributed by atoms with van der Waals surface area (Å²) in [6, 6.07) is -0.234. The molecule has 2 aliphatic carbocycles. The molecule has 1 saturated heterocycles. The lowest BCUT2D eigenvalue weighted by Crippen LogP contribution is -2.61. The van der Waals surface area contributed by atoms with E-state index in [2.05, 4.69) is 12.4 Å². The van der Waals surface area contributed by atoms with Crippen molar-refractivity contribution in [2.45, 2.75) is 114 Å². The van der Waals surface area contributed by atoms with E-state index in [4.69, 9.17) is 10.5 Å². The van der Waals surface area contributed by atoms with Crippen LogP contribution in [0, 0.1) is 23.7 Å². The first kappa shape index (κ1) is 27.7. The van der Waals surface area contributed by atoms with Gasteiger partial charge >= 0.3 is 6.03 Å². The molecule has 198 valence electrons. The number of nitrogens with one attached hydrogen (secondary N) is 1. The van der Waals surface area contributed by atoms with Crippen LogP contribution >= 0.6 is 0 Å². The quantitative estimate of drug-likeness (QED) is 0.341. The lowest BCUT2D eigenvalue weighted by Gasteiger charge is -2.50. The molecule has 4 atom stereocenters. The lowest BCUT2D eigenvalue weighted by molar-refractivity contribution is -0.0975. The summed E-state index contributed by atoms with van der Waals surface area (Å²) in [5, 5.41) is 16.3. The smallest absolute Gasteiger partial charge is 0.314 e. The van der Waals surface area contributed by atoms with E-state index in [1.165, 1.54) is 51.4 Å². The van der Waals surface area contributed by atoms with E-state index >= 15 is 0 Å². The maximum Gasteiger partial charge on any atom is 0.314 e. The van der Waals surface area contributed by atoms with Crippen LogP contribution in [0.15, 0.2) is 0 Å². The molecule has 3 fully saturated rings. The topological polar surface area (TPSA) is 87.8 Å². The maximum absolute atomic E-state index is 12.6. The van der Waals surface area contributed by atoms with E-state index in [9.17, 15) is 9.90 Å². The SMILES string of the molecule is CN[C@@H](C(CC1CCCCC1)[C@H]1CCCN(C(N)=O)C1)[C@](O)(CCCCOC)C1CCCCC1. The fourth-order valence-corrected chi connectivity index (χ4v) is 7.67. The lowest BCUT2D eigenvalue weighted by atomic mass is 9.63. The van der Waals surface area contributed by atoms with Gasteiger partial charge in [-0.1, -0.05) is 51.4 Å². The Morgan fingerprint density at radius 2 is 1.74 bits per heavy atom. The van der Waals surface area contributed by atoms with Crippen LogP contribution in [0.25, 0.3) is 0 Å². The summed E-state index contributed by atoms with van der Waals surface area (Å²) in [7, 11) is 3.83. The minimum Gasteiger partial charge on any atom is -0.388 e. The highest BCUT2D eigenvalue weighted by atomic mass is 16.5. The van der Waals surface area contributed by atoms with Gasteiger partial charge in [0, 0.05) is 32.8 Å². The van der Waals surface area contributed by atoms with E-state index in [1.54, 1.807) is 7.11 Å². The average Bonchev–Trinajstić information content (AvgIpc) is 2.87. The molecule has 4 N–H and O–H groups in total. The highest BCUT2D eigenvalue weighted by Gasteiger charge is 2.48. The van der Waals surface area contributed by atoms with Gasteiger partial charge in [0.2, 0.25) is 0 Å². The van der Waals surface area contributed by atoms with Crippen molar-refractivity contribution in [1.29, 1.82) is 0 Å². The van der Waals surface area contributed by atoms with Gasteiger partial charge in [-0.15, -0.1) is 0 Å². The average molecular weight is 480 g/mol. The summed E-state index contributed by atoms with van der Waals surface area (Å²) in [6.07, 6.45) is 18.8. The molecule has 6 heteroatoms. The Balaban J connectivity index is 1.87. The Labute approximate surface area is 208 Å². The van der Waals surface area contributed by atoms with Crippen LogP contribution < -0.4 is 11.1 Å². The molecule has 0 radical (unpaired) electrons. The van der Waals surface area contributed by atoms with Crippen molar-refractivity contribution in [1.82, 2.24) is 10.2 Å². The molecule has 0 spiro atoms. The summed E-state index contributed by atoms with van der Waals surface area (Å²) in [6.45, 7) is 2.28. The number of piperidine rings is 1. The molecule has 3 rings (SSSR count). The zero-order valence-corrected chi connectivity index (χ0v) is 22.1. The number of urea groups is 1. The van der Waals surface area contributed by atoms with E-state index in [0.717, 1.165) is 77.0 Å². The fourth-order valence-electron chi connectivity index (χ4n) is 7.67.